The number of ether oxygens (including phenoxy) is 1. The third kappa shape index (κ3) is 2.17. The van der Waals surface area contributed by atoms with Gasteiger partial charge in [-0.25, -0.2) is 0 Å². The fourth-order valence-corrected chi connectivity index (χ4v) is 1.45. The van der Waals surface area contributed by atoms with Crippen LogP contribution in [0.25, 0.3) is 0 Å². The number of nitrogens with zero attached hydrogens (tertiary/aromatic N) is 2. The van der Waals surface area contributed by atoms with E-state index in [4.69, 9.17) is 10.5 Å². The predicted molar refractivity (Wildman–Crippen MR) is 61.1 cm³/mol. The molecule has 2 rings (SSSR count). The van der Waals surface area contributed by atoms with Crippen LogP contribution in [0, 0.1) is 0 Å². The molecular formula is C12H13N3O. The fraction of sp³-hybridized carbons (Fsp3) is 0.167. The van der Waals surface area contributed by atoms with Gasteiger partial charge in [-0.15, -0.1) is 0 Å². The van der Waals surface area contributed by atoms with Crippen LogP contribution in [0.3, 0.4) is 0 Å². The number of hydrogen-bond donors (Lipinski definition) is 1. The quantitative estimate of drug-likeness (QED) is 0.843. The molecule has 1 aromatic heterocycles. The molecule has 16 heavy (non-hydrogen) atoms. The second-order valence-corrected chi connectivity index (χ2v) is 3.38. The molecule has 0 saturated heterocycles. The molecule has 0 aliphatic rings. The Bertz CT molecular complexity index is 442. The highest BCUT2D eigenvalue weighted by molar-refractivity contribution is 5.32. The highest BCUT2D eigenvalue weighted by Gasteiger charge is 2.09. The van der Waals surface area contributed by atoms with Crippen molar-refractivity contribution in [1.29, 1.82) is 0 Å². The zero-order chi connectivity index (χ0) is 11.4. The molecule has 2 aromatic rings. The number of rotatable bonds is 3. The van der Waals surface area contributed by atoms with E-state index < -0.39 is 0 Å². The van der Waals surface area contributed by atoms with Crippen molar-refractivity contribution in [2.45, 2.75) is 6.04 Å². The van der Waals surface area contributed by atoms with E-state index in [9.17, 15) is 0 Å². The molecule has 1 atom stereocenters. The minimum atomic E-state index is -0.250. The molecule has 0 saturated carbocycles. The minimum Gasteiger partial charge on any atom is -0.497 e. The van der Waals surface area contributed by atoms with Gasteiger partial charge < -0.3 is 10.5 Å². The van der Waals surface area contributed by atoms with Crippen molar-refractivity contribution in [2.75, 3.05) is 7.11 Å². The van der Waals surface area contributed by atoms with Gasteiger partial charge in [0.25, 0.3) is 0 Å². The summed E-state index contributed by atoms with van der Waals surface area (Å²) in [5, 5.41) is 0. The first-order valence-corrected chi connectivity index (χ1v) is 4.96. The summed E-state index contributed by atoms with van der Waals surface area (Å²) in [7, 11) is 1.64. The highest BCUT2D eigenvalue weighted by Crippen LogP contribution is 2.19. The Morgan fingerprint density at radius 3 is 2.50 bits per heavy atom. The first kappa shape index (κ1) is 10.6. The summed E-state index contributed by atoms with van der Waals surface area (Å²) in [6.07, 6.45) is 4.94. The first-order chi connectivity index (χ1) is 7.81. The summed E-state index contributed by atoms with van der Waals surface area (Å²) in [5.41, 5.74) is 7.81. The zero-order valence-electron chi connectivity index (χ0n) is 9.00. The lowest BCUT2D eigenvalue weighted by atomic mass is 10.1. The van der Waals surface area contributed by atoms with Crippen molar-refractivity contribution >= 4 is 0 Å². The Morgan fingerprint density at radius 1 is 1.19 bits per heavy atom. The number of aromatic nitrogens is 2. The summed E-state index contributed by atoms with van der Waals surface area (Å²) in [4.78, 5) is 8.18. The predicted octanol–water partition coefficient (Wildman–Crippen LogP) is 1.53. The Kier molecular flexibility index (Phi) is 3.12. The molecule has 1 aromatic carbocycles. The number of methoxy groups -OCH3 is 1. The van der Waals surface area contributed by atoms with E-state index in [1.54, 1.807) is 25.7 Å². The number of hydrogen-bond acceptors (Lipinski definition) is 4. The van der Waals surface area contributed by atoms with Crippen molar-refractivity contribution in [2.24, 2.45) is 5.73 Å². The monoisotopic (exact) mass is 215 g/mol. The third-order valence-electron chi connectivity index (χ3n) is 2.38. The van der Waals surface area contributed by atoms with E-state index in [0.29, 0.717) is 0 Å². The van der Waals surface area contributed by atoms with Gasteiger partial charge in [0.15, 0.2) is 0 Å². The molecule has 4 nitrogen and oxygen atoms in total. The first-order valence-electron chi connectivity index (χ1n) is 4.96. The van der Waals surface area contributed by atoms with E-state index >= 15 is 0 Å². The lowest BCUT2D eigenvalue weighted by molar-refractivity contribution is 0.414. The average molecular weight is 215 g/mol. The lowest BCUT2D eigenvalue weighted by Gasteiger charge is -2.11. The molecule has 0 aliphatic heterocycles. The molecule has 0 aliphatic carbocycles. The highest BCUT2D eigenvalue weighted by atomic mass is 16.5. The van der Waals surface area contributed by atoms with E-state index in [1.165, 1.54) is 0 Å². The molecule has 1 unspecified atom stereocenters. The van der Waals surface area contributed by atoms with Gasteiger partial charge in [-0.3, -0.25) is 9.97 Å². The maximum absolute atomic E-state index is 6.06. The fourth-order valence-electron chi connectivity index (χ4n) is 1.45. The van der Waals surface area contributed by atoms with Crippen molar-refractivity contribution < 1.29 is 4.74 Å². The molecule has 0 spiro atoms. The normalized spacial score (nSPS) is 12.1. The summed E-state index contributed by atoms with van der Waals surface area (Å²) in [6.45, 7) is 0. The molecule has 0 amide bonds. The molecule has 0 fully saturated rings. The van der Waals surface area contributed by atoms with Gasteiger partial charge in [-0.05, 0) is 17.7 Å². The summed E-state index contributed by atoms with van der Waals surface area (Å²) < 4.78 is 5.09. The van der Waals surface area contributed by atoms with Gasteiger partial charge in [0, 0.05) is 12.4 Å². The molecule has 2 N–H and O–H groups in total. The molecule has 1 heterocycles. The van der Waals surface area contributed by atoms with Crippen LogP contribution in [-0.4, -0.2) is 17.1 Å². The largest absolute Gasteiger partial charge is 0.497 e. The Morgan fingerprint density at radius 2 is 1.94 bits per heavy atom. The average Bonchev–Trinajstić information content (AvgIpc) is 2.39. The van der Waals surface area contributed by atoms with Crippen molar-refractivity contribution in [3.63, 3.8) is 0 Å². The maximum Gasteiger partial charge on any atom is 0.118 e. The number of nitrogens with two attached hydrogens (primary N) is 1. The number of benzene rings is 1. The topological polar surface area (TPSA) is 61.0 Å². The second-order valence-electron chi connectivity index (χ2n) is 3.38. The van der Waals surface area contributed by atoms with Gasteiger partial charge in [-0.1, -0.05) is 12.1 Å². The summed E-state index contributed by atoms with van der Waals surface area (Å²) >= 11 is 0. The summed E-state index contributed by atoms with van der Waals surface area (Å²) in [6, 6.07) is 7.37. The van der Waals surface area contributed by atoms with Gasteiger partial charge in [0.2, 0.25) is 0 Å². The summed E-state index contributed by atoms with van der Waals surface area (Å²) in [5.74, 6) is 0.815. The molecule has 82 valence electrons. The second kappa shape index (κ2) is 4.72. The van der Waals surface area contributed by atoms with Crippen molar-refractivity contribution in [1.82, 2.24) is 9.97 Å². The van der Waals surface area contributed by atoms with Crippen molar-refractivity contribution in [3.05, 3.63) is 54.1 Å². The lowest BCUT2D eigenvalue weighted by Crippen LogP contribution is -2.13. The van der Waals surface area contributed by atoms with E-state index in [1.807, 2.05) is 24.3 Å². The van der Waals surface area contributed by atoms with Crippen LogP contribution in [0.1, 0.15) is 17.3 Å². The maximum atomic E-state index is 6.06. The Labute approximate surface area is 94.1 Å². The van der Waals surface area contributed by atoms with Crippen LogP contribution in [0.15, 0.2) is 42.9 Å². The van der Waals surface area contributed by atoms with Crippen LogP contribution >= 0.6 is 0 Å². The van der Waals surface area contributed by atoms with Gasteiger partial charge in [0.05, 0.1) is 25.0 Å². The van der Waals surface area contributed by atoms with Crippen LogP contribution < -0.4 is 10.5 Å². The molecule has 0 radical (unpaired) electrons. The van der Waals surface area contributed by atoms with Crippen LogP contribution in [0.5, 0.6) is 5.75 Å². The zero-order valence-corrected chi connectivity index (χ0v) is 9.00. The standard InChI is InChI=1S/C12H13N3O/c1-16-10-4-2-9(3-5-10)12(13)11-8-14-6-7-15-11/h2-8,12H,13H2,1H3. The van der Waals surface area contributed by atoms with Gasteiger partial charge in [-0.2, -0.15) is 0 Å². The van der Waals surface area contributed by atoms with Crippen LogP contribution in [0.4, 0.5) is 0 Å². The van der Waals surface area contributed by atoms with Crippen LogP contribution in [0.2, 0.25) is 0 Å². The molecule has 4 heteroatoms. The van der Waals surface area contributed by atoms with Gasteiger partial charge in [0.1, 0.15) is 5.75 Å². The third-order valence-corrected chi connectivity index (χ3v) is 2.38. The van der Waals surface area contributed by atoms with E-state index in [0.717, 1.165) is 17.0 Å². The Balaban J connectivity index is 2.24. The molecule has 0 bridgehead atoms. The smallest absolute Gasteiger partial charge is 0.118 e. The molecular weight excluding hydrogens is 202 g/mol. The van der Waals surface area contributed by atoms with E-state index in [2.05, 4.69) is 9.97 Å². The van der Waals surface area contributed by atoms with Crippen LogP contribution in [-0.2, 0) is 0 Å². The van der Waals surface area contributed by atoms with Gasteiger partial charge >= 0.3 is 0 Å². The van der Waals surface area contributed by atoms with Crippen molar-refractivity contribution in [3.8, 4) is 5.75 Å². The Hall–Kier alpha value is -1.94. The SMILES string of the molecule is COc1ccc(C(N)c2cnccn2)cc1. The van der Waals surface area contributed by atoms with E-state index in [-0.39, 0.29) is 6.04 Å². The minimum absolute atomic E-state index is 0.250.